The quantitative estimate of drug-likeness (QED) is 0.799. The molecule has 1 N–H and O–H groups in total. The number of amides is 1. The number of hydrogen-bond acceptors (Lipinski definition) is 5. The highest BCUT2D eigenvalue weighted by Crippen LogP contribution is 2.31. The Kier molecular flexibility index (Phi) is 3.98. The number of thioether (sulfide) groups is 1. The summed E-state index contributed by atoms with van der Waals surface area (Å²) >= 11 is 1.41. The van der Waals surface area contributed by atoms with E-state index in [1.807, 2.05) is 6.07 Å². The summed E-state index contributed by atoms with van der Waals surface area (Å²) in [6, 6.07) is 6.86. The van der Waals surface area contributed by atoms with Crippen LogP contribution in [0.4, 0.5) is 0 Å². The van der Waals surface area contributed by atoms with Gasteiger partial charge in [-0.15, -0.1) is 0 Å². The summed E-state index contributed by atoms with van der Waals surface area (Å²) in [7, 11) is 2.10. The van der Waals surface area contributed by atoms with Gasteiger partial charge in [-0.25, -0.2) is 0 Å². The average molecular weight is 303 g/mol. The Labute approximate surface area is 128 Å². The maximum absolute atomic E-state index is 12.0. The van der Waals surface area contributed by atoms with Crippen LogP contribution in [0.25, 0.3) is 6.08 Å². The van der Waals surface area contributed by atoms with Crippen LogP contribution < -0.4 is 0 Å². The van der Waals surface area contributed by atoms with Gasteiger partial charge in [-0.3, -0.25) is 4.79 Å². The summed E-state index contributed by atoms with van der Waals surface area (Å²) in [5.74, 6) is -0.00252. The number of aliphatic imine (C=N–C) groups is 1. The van der Waals surface area contributed by atoms with E-state index in [2.05, 4.69) is 21.8 Å². The van der Waals surface area contributed by atoms with Gasteiger partial charge in [-0.1, -0.05) is 12.1 Å². The molecule has 0 saturated carbocycles. The Morgan fingerprint density at radius 1 is 1.29 bits per heavy atom. The molecule has 1 aromatic carbocycles. The van der Waals surface area contributed by atoms with Gasteiger partial charge in [0.1, 0.15) is 5.75 Å². The second-order valence-corrected chi connectivity index (χ2v) is 6.20. The van der Waals surface area contributed by atoms with Gasteiger partial charge in [0.25, 0.3) is 5.91 Å². The molecule has 1 saturated heterocycles. The Bertz CT molecular complexity index is 619. The SMILES string of the molecule is CN1CCN(C2=NC(=O)/C(=C/c3cccc(O)c3)S2)CC1. The molecule has 0 spiro atoms. The molecule has 0 bridgehead atoms. The zero-order chi connectivity index (χ0) is 14.8. The first-order valence-corrected chi connectivity index (χ1v) is 7.68. The summed E-state index contributed by atoms with van der Waals surface area (Å²) < 4.78 is 0. The summed E-state index contributed by atoms with van der Waals surface area (Å²) in [6.07, 6.45) is 1.78. The van der Waals surface area contributed by atoms with Crippen molar-refractivity contribution >= 4 is 28.9 Å². The highest BCUT2D eigenvalue weighted by molar-refractivity contribution is 8.18. The lowest BCUT2D eigenvalue weighted by molar-refractivity contribution is -0.113. The van der Waals surface area contributed by atoms with Crippen LogP contribution in [-0.2, 0) is 4.79 Å². The van der Waals surface area contributed by atoms with E-state index in [1.165, 1.54) is 11.8 Å². The van der Waals surface area contributed by atoms with Crippen molar-refractivity contribution in [3.63, 3.8) is 0 Å². The fourth-order valence-corrected chi connectivity index (χ4v) is 3.26. The van der Waals surface area contributed by atoms with Gasteiger partial charge in [0.2, 0.25) is 0 Å². The molecule has 3 rings (SSSR count). The van der Waals surface area contributed by atoms with Gasteiger partial charge in [-0.05, 0) is 42.6 Å². The van der Waals surface area contributed by atoms with Gasteiger partial charge in [-0.2, -0.15) is 4.99 Å². The lowest BCUT2D eigenvalue weighted by Gasteiger charge is -2.32. The number of phenolic OH excluding ortho intramolecular Hbond substituents is 1. The van der Waals surface area contributed by atoms with E-state index in [0.29, 0.717) is 4.91 Å². The Balaban J connectivity index is 1.73. The van der Waals surface area contributed by atoms with E-state index in [0.717, 1.165) is 36.9 Å². The summed E-state index contributed by atoms with van der Waals surface area (Å²) in [6.45, 7) is 3.77. The smallest absolute Gasteiger partial charge is 0.286 e. The van der Waals surface area contributed by atoms with Gasteiger partial charge < -0.3 is 14.9 Å². The monoisotopic (exact) mass is 303 g/mol. The molecule has 0 atom stereocenters. The number of amidine groups is 1. The van der Waals surface area contributed by atoms with E-state index >= 15 is 0 Å². The number of carbonyl (C=O) groups is 1. The van der Waals surface area contributed by atoms with Crippen LogP contribution in [0, 0.1) is 0 Å². The largest absolute Gasteiger partial charge is 0.508 e. The predicted octanol–water partition coefficient (Wildman–Crippen LogP) is 1.61. The van der Waals surface area contributed by atoms with Gasteiger partial charge in [0.15, 0.2) is 5.17 Å². The minimum Gasteiger partial charge on any atom is -0.508 e. The molecule has 2 heterocycles. The number of aromatic hydroxyl groups is 1. The van der Waals surface area contributed by atoms with Crippen molar-refractivity contribution in [3.05, 3.63) is 34.7 Å². The van der Waals surface area contributed by atoms with Crippen LogP contribution in [0.5, 0.6) is 5.75 Å². The molecule has 2 aliphatic rings. The van der Waals surface area contributed by atoms with E-state index in [-0.39, 0.29) is 11.7 Å². The van der Waals surface area contributed by atoms with E-state index in [1.54, 1.807) is 24.3 Å². The molecular weight excluding hydrogens is 286 g/mol. The molecule has 1 amide bonds. The molecule has 5 nitrogen and oxygen atoms in total. The van der Waals surface area contributed by atoms with Crippen LogP contribution in [0.15, 0.2) is 34.2 Å². The second kappa shape index (κ2) is 5.91. The number of nitrogens with zero attached hydrogens (tertiary/aromatic N) is 3. The third kappa shape index (κ3) is 3.28. The van der Waals surface area contributed by atoms with Crippen molar-refractivity contribution < 1.29 is 9.90 Å². The second-order valence-electron chi connectivity index (χ2n) is 5.20. The molecule has 1 aromatic rings. The number of benzene rings is 1. The number of likely N-dealkylation sites (N-methyl/N-ethyl adjacent to an activating group) is 1. The molecule has 0 aromatic heterocycles. The van der Waals surface area contributed by atoms with E-state index < -0.39 is 0 Å². The molecule has 0 aliphatic carbocycles. The topological polar surface area (TPSA) is 56.1 Å². The van der Waals surface area contributed by atoms with Crippen molar-refractivity contribution in [1.29, 1.82) is 0 Å². The maximum atomic E-state index is 12.0. The standard InChI is InChI=1S/C15H17N3O2S/c1-17-5-7-18(8-6-17)15-16-14(20)13(21-15)10-11-3-2-4-12(19)9-11/h2-4,9-10,19H,5-8H2,1H3/b13-10-. The first-order chi connectivity index (χ1) is 10.1. The molecular formula is C15H17N3O2S. The van der Waals surface area contributed by atoms with Gasteiger partial charge >= 0.3 is 0 Å². The fourth-order valence-electron chi connectivity index (χ4n) is 2.30. The number of rotatable bonds is 1. The van der Waals surface area contributed by atoms with Gasteiger partial charge in [0.05, 0.1) is 4.91 Å². The molecule has 0 radical (unpaired) electrons. The number of phenols is 1. The Morgan fingerprint density at radius 3 is 2.76 bits per heavy atom. The van der Waals surface area contributed by atoms with E-state index in [9.17, 15) is 9.90 Å². The molecule has 21 heavy (non-hydrogen) atoms. The lowest BCUT2D eigenvalue weighted by Crippen LogP contribution is -2.46. The van der Waals surface area contributed by atoms with Crippen LogP contribution in [0.3, 0.4) is 0 Å². The summed E-state index contributed by atoms with van der Waals surface area (Å²) in [4.78, 5) is 21.2. The van der Waals surface area contributed by atoms with Crippen molar-refractivity contribution in [2.75, 3.05) is 33.2 Å². The number of piperazine rings is 1. The Hall–Kier alpha value is -1.79. The molecule has 6 heteroatoms. The Morgan fingerprint density at radius 2 is 2.05 bits per heavy atom. The highest BCUT2D eigenvalue weighted by atomic mass is 32.2. The fraction of sp³-hybridized carbons (Fsp3) is 0.333. The molecule has 2 aliphatic heterocycles. The third-order valence-electron chi connectivity index (χ3n) is 3.55. The minimum absolute atomic E-state index is 0.194. The maximum Gasteiger partial charge on any atom is 0.286 e. The first-order valence-electron chi connectivity index (χ1n) is 6.87. The van der Waals surface area contributed by atoms with E-state index in [4.69, 9.17) is 0 Å². The van der Waals surface area contributed by atoms with Crippen LogP contribution in [-0.4, -0.2) is 59.2 Å². The third-order valence-corrected chi connectivity index (χ3v) is 4.60. The summed E-state index contributed by atoms with van der Waals surface area (Å²) in [5.41, 5.74) is 0.806. The van der Waals surface area contributed by atoms with Crippen LogP contribution in [0.2, 0.25) is 0 Å². The molecule has 0 unspecified atom stereocenters. The highest BCUT2D eigenvalue weighted by Gasteiger charge is 2.27. The molecule has 1 fully saturated rings. The van der Waals surface area contributed by atoms with Gasteiger partial charge in [0, 0.05) is 26.2 Å². The number of hydrogen-bond donors (Lipinski definition) is 1. The zero-order valence-corrected chi connectivity index (χ0v) is 12.6. The average Bonchev–Trinajstić information content (AvgIpc) is 2.81. The lowest BCUT2D eigenvalue weighted by atomic mass is 10.2. The molecule has 110 valence electrons. The number of carbonyl (C=O) groups excluding carboxylic acids is 1. The minimum atomic E-state index is -0.197. The zero-order valence-electron chi connectivity index (χ0n) is 11.8. The van der Waals surface area contributed by atoms with Crippen molar-refractivity contribution in [3.8, 4) is 5.75 Å². The van der Waals surface area contributed by atoms with Crippen molar-refractivity contribution in [2.45, 2.75) is 0 Å². The van der Waals surface area contributed by atoms with Crippen LogP contribution in [0.1, 0.15) is 5.56 Å². The van der Waals surface area contributed by atoms with Crippen molar-refractivity contribution in [1.82, 2.24) is 9.80 Å². The van der Waals surface area contributed by atoms with Crippen molar-refractivity contribution in [2.24, 2.45) is 4.99 Å². The van der Waals surface area contributed by atoms with Crippen LogP contribution >= 0.6 is 11.8 Å². The first kappa shape index (κ1) is 14.2. The normalized spacial score (nSPS) is 22.0. The summed E-state index contributed by atoms with van der Waals surface area (Å²) in [5, 5.41) is 10.3. The predicted molar refractivity (Wildman–Crippen MR) is 85.2 cm³/mol.